The van der Waals surface area contributed by atoms with Gasteiger partial charge in [-0.15, -0.1) is 0 Å². The van der Waals surface area contributed by atoms with E-state index in [-0.39, 0.29) is 34.8 Å². The maximum atomic E-state index is 14.2. The predicted octanol–water partition coefficient (Wildman–Crippen LogP) is 2.47. The Hall–Kier alpha value is -3.79. The molecule has 1 unspecified atom stereocenters. The molecule has 1 fully saturated rings. The first-order chi connectivity index (χ1) is 14.2. The van der Waals surface area contributed by atoms with Crippen molar-refractivity contribution in [1.82, 2.24) is 14.9 Å². The van der Waals surface area contributed by atoms with Gasteiger partial charge in [0.25, 0.3) is 5.56 Å². The quantitative estimate of drug-likeness (QED) is 0.739. The fourth-order valence-corrected chi connectivity index (χ4v) is 3.20. The van der Waals surface area contributed by atoms with Gasteiger partial charge in [0.1, 0.15) is 0 Å². The highest BCUT2D eigenvalue weighted by Gasteiger charge is 2.59. The number of hydrogen-bond donors (Lipinski definition) is 2. The summed E-state index contributed by atoms with van der Waals surface area (Å²) in [5.41, 5.74) is -3.60. The zero-order chi connectivity index (χ0) is 21.5. The van der Waals surface area contributed by atoms with Crippen molar-refractivity contribution >= 4 is 11.7 Å². The van der Waals surface area contributed by atoms with Gasteiger partial charge in [-0.2, -0.15) is 18.4 Å². The highest BCUT2D eigenvalue weighted by Crippen LogP contribution is 2.45. The highest BCUT2D eigenvalue weighted by atomic mass is 19.4. The van der Waals surface area contributed by atoms with Crippen LogP contribution in [0.25, 0.3) is 0 Å². The second-order valence-electron chi connectivity index (χ2n) is 7.08. The van der Waals surface area contributed by atoms with Crippen molar-refractivity contribution < 1.29 is 18.0 Å². The number of alkyl halides is 3. The zero-order valence-electron chi connectivity index (χ0n) is 15.4. The summed E-state index contributed by atoms with van der Waals surface area (Å²) >= 11 is 0. The number of hydrogen-bond acceptors (Lipinski definition) is 4. The van der Waals surface area contributed by atoms with Crippen LogP contribution < -0.4 is 16.2 Å². The van der Waals surface area contributed by atoms with Crippen molar-refractivity contribution in [3.8, 4) is 17.9 Å². The van der Waals surface area contributed by atoms with Crippen LogP contribution in [0.4, 0.5) is 23.7 Å². The molecule has 1 aromatic carbocycles. The van der Waals surface area contributed by atoms with E-state index in [1.807, 2.05) is 11.4 Å². The molecule has 2 N–H and O–H groups in total. The highest BCUT2D eigenvalue weighted by molar-refractivity contribution is 5.95. The Morgan fingerprint density at radius 3 is 2.70 bits per heavy atom. The zero-order valence-corrected chi connectivity index (χ0v) is 15.4. The molecule has 1 aliphatic carbocycles. The smallest absolute Gasteiger partial charge is 0.310 e. The van der Waals surface area contributed by atoms with E-state index in [0.29, 0.717) is 12.8 Å². The molecule has 0 spiro atoms. The Labute approximate surface area is 168 Å². The van der Waals surface area contributed by atoms with Crippen LogP contribution in [-0.2, 0) is 12.1 Å². The van der Waals surface area contributed by atoms with Gasteiger partial charge in [0.05, 0.1) is 24.5 Å². The average Bonchev–Trinajstić information content (AvgIpc) is 3.51. The van der Waals surface area contributed by atoms with Crippen LogP contribution in [0.3, 0.4) is 0 Å². The molecule has 1 atom stereocenters. The standard InChI is InChI=1S/C20H14F3N5O2/c21-20(22,23)19(5-3-12-1-2-12)15-7-13(9-24)14(8-16(15)26-18(30)27-19)10-28-11-25-6-4-17(28)29/h4,6-8,11-12H,1-2,10H2,(H2,26,27,30). The molecule has 0 radical (unpaired) electrons. The number of carbonyl (C=O) groups excluding carboxylic acids is 1. The number of amides is 2. The van der Waals surface area contributed by atoms with Crippen molar-refractivity contribution in [2.75, 3.05) is 5.32 Å². The number of halogens is 3. The SMILES string of the molecule is N#Cc1cc2c(cc1Cn1cnccc1=O)NC(=O)NC2(C#CC1CC1)C(F)(F)F. The monoisotopic (exact) mass is 413 g/mol. The normalized spacial score (nSPS) is 20.1. The number of nitrogens with zero attached hydrogens (tertiary/aromatic N) is 3. The van der Waals surface area contributed by atoms with Gasteiger partial charge in [0, 0.05) is 29.4 Å². The van der Waals surface area contributed by atoms with Gasteiger partial charge < -0.3 is 10.6 Å². The summed E-state index contributed by atoms with van der Waals surface area (Å²) < 4.78 is 43.7. The Morgan fingerprint density at radius 2 is 2.07 bits per heavy atom. The maximum Gasteiger partial charge on any atom is 0.427 e. The number of urea groups is 1. The topological polar surface area (TPSA) is 99.8 Å². The largest absolute Gasteiger partial charge is 0.427 e. The van der Waals surface area contributed by atoms with Crippen LogP contribution in [0, 0.1) is 29.1 Å². The second kappa shape index (κ2) is 6.92. The van der Waals surface area contributed by atoms with E-state index in [1.165, 1.54) is 29.2 Å². The molecule has 2 amide bonds. The number of fused-ring (bicyclic) bond motifs is 1. The van der Waals surface area contributed by atoms with Gasteiger partial charge in [-0.25, -0.2) is 9.78 Å². The lowest BCUT2D eigenvalue weighted by molar-refractivity contribution is -0.178. The molecular formula is C20H14F3N5O2. The first kappa shape index (κ1) is 19.5. The van der Waals surface area contributed by atoms with Gasteiger partial charge in [0.2, 0.25) is 5.54 Å². The van der Waals surface area contributed by atoms with Gasteiger partial charge in [-0.1, -0.05) is 11.8 Å². The first-order valence-corrected chi connectivity index (χ1v) is 9.00. The van der Waals surface area contributed by atoms with E-state index in [1.54, 1.807) is 0 Å². The van der Waals surface area contributed by atoms with Gasteiger partial charge in [-0.3, -0.25) is 9.36 Å². The van der Waals surface area contributed by atoms with E-state index in [9.17, 15) is 28.0 Å². The van der Waals surface area contributed by atoms with Crippen LogP contribution in [0.1, 0.15) is 29.5 Å². The Balaban J connectivity index is 1.89. The van der Waals surface area contributed by atoms with Crippen LogP contribution in [0.15, 0.2) is 35.5 Å². The van der Waals surface area contributed by atoms with Crippen LogP contribution in [0.2, 0.25) is 0 Å². The number of anilines is 1. The van der Waals surface area contributed by atoms with Crippen molar-refractivity contribution in [1.29, 1.82) is 5.26 Å². The Bertz CT molecular complexity index is 1200. The molecule has 4 rings (SSSR count). The van der Waals surface area contributed by atoms with Gasteiger partial charge in [-0.05, 0) is 30.5 Å². The number of benzene rings is 1. The van der Waals surface area contributed by atoms with Crippen molar-refractivity contribution in [3.05, 3.63) is 57.8 Å². The number of nitrogens with one attached hydrogen (secondary N) is 2. The van der Waals surface area contributed by atoms with Crippen molar-refractivity contribution in [3.63, 3.8) is 0 Å². The molecule has 1 saturated carbocycles. The summed E-state index contributed by atoms with van der Waals surface area (Å²) in [6, 6.07) is 4.37. The molecule has 7 nitrogen and oxygen atoms in total. The third-order valence-electron chi connectivity index (χ3n) is 4.92. The number of aromatic nitrogens is 2. The van der Waals surface area contributed by atoms with E-state index in [2.05, 4.69) is 22.1 Å². The van der Waals surface area contributed by atoms with Crippen molar-refractivity contribution in [2.45, 2.75) is 31.1 Å². The Morgan fingerprint density at radius 1 is 1.30 bits per heavy atom. The lowest BCUT2D eigenvalue weighted by Gasteiger charge is -2.37. The van der Waals surface area contributed by atoms with Gasteiger partial charge >= 0.3 is 12.2 Å². The first-order valence-electron chi connectivity index (χ1n) is 9.00. The summed E-state index contributed by atoms with van der Waals surface area (Å²) in [4.78, 5) is 27.9. The van der Waals surface area contributed by atoms with E-state index in [4.69, 9.17) is 0 Å². The number of nitriles is 1. The Kier molecular flexibility index (Phi) is 4.50. The summed E-state index contributed by atoms with van der Waals surface area (Å²) in [7, 11) is 0. The number of carbonyl (C=O) groups is 1. The van der Waals surface area contributed by atoms with Crippen LogP contribution in [-0.4, -0.2) is 21.8 Å². The minimum atomic E-state index is -4.92. The van der Waals surface area contributed by atoms with Crippen LogP contribution in [0.5, 0.6) is 0 Å². The lowest BCUT2D eigenvalue weighted by atomic mass is 9.84. The minimum Gasteiger partial charge on any atom is -0.310 e. The summed E-state index contributed by atoms with van der Waals surface area (Å²) in [6.07, 6.45) is -0.941. The molecular weight excluding hydrogens is 399 g/mol. The van der Waals surface area contributed by atoms with E-state index in [0.717, 1.165) is 6.07 Å². The van der Waals surface area contributed by atoms with Crippen molar-refractivity contribution in [2.24, 2.45) is 5.92 Å². The molecule has 2 heterocycles. The second-order valence-corrected chi connectivity index (χ2v) is 7.08. The third kappa shape index (κ3) is 3.37. The molecule has 2 aliphatic rings. The lowest BCUT2D eigenvalue weighted by Crippen LogP contribution is -2.59. The molecule has 1 aromatic heterocycles. The minimum absolute atomic E-state index is 0.0655. The molecule has 2 aromatic rings. The van der Waals surface area contributed by atoms with E-state index >= 15 is 0 Å². The van der Waals surface area contributed by atoms with Gasteiger partial charge in [0.15, 0.2) is 0 Å². The molecule has 30 heavy (non-hydrogen) atoms. The predicted molar refractivity (Wildman–Crippen MR) is 99.1 cm³/mol. The number of rotatable bonds is 2. The average molecular weight is 413 g/mol. The molecule has 0 saturated heterocycles. The molecule has 152 valence electrons. The summed E-state index contributed by atoms with van der Waals surface area (Å²) in [6.45, 7) is -0.0983. The maximum absolute atomic E-state index is 14.2. The molecule has 1 aliphatic heterocycles. The molecule has 0 bridgehead atoms. The summed E-state index contributed by atoms with van der Waals surface area (Å²) in [5, 5.41) is 13.8. The third-order valence-corrected chi connectivity index (χ3v) is 4.92. The van der Waals surface area contributed by atoms with Crippen LogP contribution >= 0.6 is 0 Å². The molecule has 10 heteroatoms. The fourth-order valence-electron chi connectivity index (χ4n) is 3.20. The summed E-state index contributed by atoms with van der Waals surface area (Å²) in [5.74, 6) is 4.68. The van der Waals surface area contributed by atoms with E-state index < -0.39 is 23.3 Å². The fraction of sp³-hybridized carbons (Fsp3) is 0.300.